The number of nitrogens with zero attached hydrogens (tertiary/aromatic N) is 5. The molecular weight excluding hydrogens is 428 g/mol. The van der Waals surface area contributed by atoms with Crippen molar-refractivity contribution in [2.75, 3.05) is 6.61 Å². The standard InChI is InChI=1S/C26H32N6O2/c1-5-26(3,4)32-24(28-29-30-32)18-31(16-19-10-8-7-9-11-19)17-21-14-20-15-22(34-6-2)12-13-23(20)27-25(21)33/h7-15H,5-6,16-18H2,1-4H3,(H,27,33). The van der Waals surface area contributed by atoms with Gasteiger partial charge in [0.05, 0.1) is 18.7 Å². The van der Waals surface area contributed by atoms with E-state index in [1.54, 1.807) is 0 Å². The van der Waals surface area contributed by atoms with E-state index < -0.39 is 0 Å². The second-order valence-electron chi connectivity index (χ2n) is 9.11. The molecule has 2 aromatic heterocycles. The fourth-order valence-corrected chi connectivity index (χ4v) is 3.98. The van der Waals surface area contributed by atoms with Crippen molar-refractivity contribution in [1.29, 1.82) is 0 Å². The van der Waals surface area contributed by atoms with Crippen LogP contribution in [0, 0.1) is 0 Å². The monoisotopic (exact) mass is 460 g/mol. The molecule has 0 amide bonds. The first-order valence-corrected chi connectivity index (χ1v) is 11.7. The Morgan fingerprint density at radius 3 is 2.56 bits per heavy atom. The molecule has 2 aromatic carbocycles. The third-order valence-electron chi connectivity index (χ3n) is 6.18. The summed E-state index contributed by atoms with van der Waals surface area (Å²) in [4.78, 5) is 18.2. The van der Waals surface area contributed by atoms with Gasteiger partial charge < -0.3 is 9.72 Å². The zero-order valence-corrected chi connectivity index (χ0v) is 20.3. The van der Waals surface area contributed by atoms with Crippen LogP contribution in [0.5, 0.6) is 5.75 Å². The van der Waals surface area contributed by atoms with Crippen LogP contribution in [-0.4, -0.2) is 36.7 Å². The first kappa shape index (κ1) is 23.6. The van der Waals surface area contributed by atoms with Gasteiger partial charge in [-0.15, -0.1) is 5.10 Å². The van der Waals surface area contributed by atoms with E-state index in [0.29, 0.717) is 31.8 Å². The summed E-state index contributed by atoms with van der Waals surface area (Å²) in [5, 5.41) is 13.5. The minimum Gasteiger partial charge on any atom is -0.494 e. The molecule has 0 fully saturated rings. The van der Waals surface area contributed by atoms with Crippen molar-refractivity contribution in [3.8, 4) is 5.75 Å². The molecule has 0 aliphatic rings. The Bertz CT molecular complexity index is 1300. The number of H-pyrrole nitrogens is 1. The fourth-order valence-electron chi connectivity index (χ4n) is 3.98. The number of tetrazole rings is 1. The van der Waals surface area contributed by atoms with Crippen LogP contribution in [0.1, 0.15) is 51.1 Å². The second-order valence-corrected chi connectivity index (χ2v) is 9.11. The van der Waals surface area contributed by atoms with Gasteiger partial charge in [0.2, 0.25) is 0 Å². The Labute approximate surface area is 199 Å². The van der Waals surface area contributed by atoms with Crippen LogP contribution in [0.3, 0.4) is 0 Å². The Morgan fingerprint density at radius 1 is 1.03 bits per heavy atom. The largest absolute Gasteiger partial charge is 0.494 e. The van der Waals surface area contributed by atoms with E-state index in [-0.39, 0.29) is 11.1 Å². The molecule has 0 unspecified atom stereocenters. The maximum Gasteiger partial charge on any atom is 0.252 e. The smallest absolute Gasteiger partial charge is 0.252 e. The summed E-state index contributed by atoms with van der Waals surface area (Å²) in [5.74, 6) is 1.56. The molecule has 0 aliphatic carbocycles. The zero-order valence-electron chi connectivity index (χ0n) is 20.3. The molecule has 178 valence electrons. The average Bonchev–Trinajstić information content (AvgIpc) is 3.30. The van der Waals surface area contributed by atoms with Gasteiger partial charge in [0.1, 0.15) is 5.75 Å². The average molecular weight is 461 g/mol. The normalized spacial score (nSPS) is 11.9. The first-order chi connectivity index (χ1) is 16.4. The maximum absolute atomic E-state index is 12.9. The molecule has 4 aromatic rings. The minimum absolute atomic E-state index is 0.0943. The van der Waals surface area contributed by atoms with E-state index in [2.05, 4.69) is 58.3 Å². The summed E-state index contributed by atoms with van der Waals surface area (Å²) in [6.45, 7) is 10.6. The molecule has 34 heavy (non-hydrogen) atoms. The molecule has 4 rings (SSSR count). The van der Waals surface area contributed by atoms with Gasteiger partial charge in [-0.3, -0.25) is 9.69 Å². The van der Waals surface area contributed by atoms with Crippen molar-refractivity contribution in [3.63, 3.8) is 0 Å². The van der Waals surface area contributed by atoms with Crippen LogP contribution in [0.15, 0.2) is 59.4 Å². The van der Waals surface area contributed by atoms with Crippen LogP contribution in [0.2, 0.25) is 0 Å². The number of nitrogens with one attached hydrogen (secondary N) is 1. The lowest BCUT2D eigenvalue weighted by molar-refractivity contribution is 0.217. The van der Waals surface area contributed by atoms with Gasteiger partial charge in [0, 0.05) is 29.6 Å². The molecule has 8 heteroatoms. The summed E-state index contributed by atoms with van der Waals surface area (Å²) >= 11 is 0. The van der Waals surface area contributed by atoms with Crippen molar-refractivity contribution < 1.29 is 4.74 Å². The second kappa shape index (κ2) is 10.2. The predicted octanol–water partition coefficient (Wildman–Crippen LogP) is 4.26. The van der Waals surface area contributed by atoms with Crippen LogP contribution in [0.4, 0.5) is 0 Å². The Kier molecular flexibility index (Phi) is 7.07. The Morgan fingerprint density at radius 2 is 1.82 bits per heavy atom. The molecule has 0 saturated heterocycles. The lowest BCUT2D eigenvalue weighted by Gasteiger charge is -2.27. The fraction of sp³-hybridized carbons (Fsp3) is 0.385. The van der Waals surface area contributed by atoms with Crippen LogP contribution in [-0.2, 0) is 25.2 Å². The number of fused-ring (bicyclic) bond motifs is 1. The number of aromatic nitrogens is 5. The molecule has 0 bridgehead atoms. The summed E-state index contributed by atoms with van der Waals surface area (Å²) < 4.78 is 7.54. The molecule has 0 spiro atoms. The van der Waals surface area contributed by atoms with E-state index in [4.69, 9.17) is 4.74 Å². The third-order valence-corrected chi connectivity index (χ3v) is 6.18. The summed E-state index contributed by atoms with van der Waals surface area (Å²) in [6.07, 6.45) is 0.899. The lowest BCUT2D eigenvalue weighted by Crippen LogP contribution is -2.32. The lowest BCUT2D eigenvalue weighted by atomic mass is 10.0. The van der Waals surface area contributed by atoms with Gasteiger partial charge in [-0.05, 0) is 67.4 Å². The van der Waals surface area contributed by atoms with Crippen LogP contribution in [0.25, 0.3) is 10.9 Å². The van der Waals surface area contributed by atoms with Crippen molar-refractivity contribution >= 4 is 10.9 Å². The topological polar surface area (TPSA) is 88.9 Å². The zero-order chi connectivity index (χ0) is 24.1. The van der Waals surface area contributed by atoms with Gasteiger partial charge in [-0.25, -0.2) is 4.68 Å². The maximum atomic E-state index is 12.9. The molecule has 0 atom stereocenters. The van der Waals surface area contributed by atoms with E-state index in [9.17, 15) is 4.79 Å². The first-order valence-electron chi connectivity index (χ1n) is 11.7. The number of ether oxygens (including phenoxy) is 1. The molecule has 8 nitrogen and oxygen atoms in total. The van der Waals surface area contributed by atoms with Crippen LogP contribution >= 0.6 is 0 Å². The molecule has 2 heterocycles. The number of pyridine rings is 1. The van der Waals surface area contributed by atoms with Crippen molar-refractivity contribution in [1.82, 2.24) is 30.1 Å². The molecular formula is C26H32N6O2. The molecule has 1 N–H and O–H groups in total. The van der Waals surface area contributed by atoms with Gasteiger partial charge in [-0.1, -0.05) is 37.3 Å². The highest BCUT2D eigenvalue weighted by molar-refractivity contribution is 5.80. The van der Waals surface area contributed by atoms with Crippen molar-refractivity contribution in [2.45, 2.75) is 59.3 Å². The molecule has 0 aliphatic heterocycles. The quantitative estimate of drug-likeness (QED) is 0.380. The van der Waals surface area contributed by atoms with Gasteiger partial charge in [-0.2, -0.15) is 0 Å². The van der Waals surface area contributed by atoms with Gasteiger partial charge in [0.25, 0.3) is 5.56 Å². The highest BCUT2D eigenvalue weighted by Crippen LogP contribution is 2.22. The molecule has 0 radical (unpaired) electrons. The van der Waals surface area contributed by atoms with E-state index in [0.717, 1.165) is 34.5 Å². The van der Waals surface area contributed by atoms with Crippen LogP contribution < -0.4 is 10.3 Å². The van der Waals surface area contributed by atoms with Crippen molar-refractivity contribution in [2.24, 2.45) is 0 Å². The molecule has 0 saturated carbocycles. The summed E-state index contributed by atoms with van der Waals surface area (Å²) in [7, 11) is 0. The number of benzene rings is 2. The van der Waals surface area contributed by atoms with E-state index in [1.165, 1.54) is 0 Å². The highest BCUT2D eigenvalue weighted by atomic mass is 16.5. The Balaban J connectivity index is 1.67. The van der Waals surface area contributed by atoms with E-state index >= 15 is 0 Å². The minimum atomic E-state index is -0.201. The number of aromatic amines is 1. The van der Waals surface area contributed by atoms with Crippen molar-refractivity contribution in [3.05, 3.63) is 81.9 Å². The summed E-state index contributed by atoms with van der Waals surface area (Å²) in [6, 6.07) is 17.9. The predicted molar refractivity (Wildman–Crippen MR) is 133 cm³/mol. The number of hydrogen-bond donors (Lipinski definition) is 1. The summed E-state index contributed by atoms with van der Waals surface area (Å²) in [5.41, 5.74) is 2.34. The van der Waals surface area contributed by atoms with Gasteiger partial charge in [0.15, 0.2) is 5.82 Å². The highest BCUT2D eigenvalue weighted by Gasteiger charge is 2.25. The number of hydrogen-bond acceptors (Lipinski definition) is 6. The number of rotatable bonds is 10. The SMILES string of the molecule is CCOc1ccc2[nH]c(=O)c(CN(Cc3ccccc3)Cc3nnnn3C(C)(C)CC)cc2c1. The third kappa shape index (κ3) is 5.34. The van der Waals surface area contributed by atoms with Gasteiger partial charge >= 0.3 is 0 Å². The van der Waals surface area contributed by atoms with E-state index in [1.807, 2.05) is 54.1 Å². The Hall–Kier alpha value is -3.52.